The van der Waals surface area contributed by atoms with Crippen LogP contribution in [0.2, 0.25) is 15.2 Å². The highest BCUT2D eigenvalue weighted by Gasteiger charge is 2.13. The quantitative estimate of drug-likeness (QED) is 0.570. The Hall–Kier alpha value is -1.08. The maximum Gasteiger partial charge on any atom is 0.181 e. The highest BCUT2D eigenvalue weighted by molar-refractivity contribution is 7.99. The summed E-state index contributed by atoms with van der Waals surface area (Å²) >= 11 is 19.1. The van der Waals surface area contributed by atoms with E-state index in [0.717, 1.165) is 5.52 Å². The van der Waals surface area contributed by atoms with Crippen LogP contribution >= 0.6 is 46.6 Å². The Balaban J connectivity index is 2.06. The zero-order valence-electron chi connectivity index (χ0n) is 9.06. The van der Waals surface area contributed by atoms with Gasteiger partial charge in [-0.25, -0.2) is 19.9 Å². The minimum atomic E-state index is 0.198. The molecular formula is C10H4Cl3N5S. The second-order valence-electron chi connectivity index (χ2n) is 3.43. The Bertz CT molecular complexity index is 760. The van der Waals surface area contributed by atoms with Gasteiger partial charge in [0.25, 0.3) is 0 Å². The van der Waals surface area contributed by atoms with Crippen molar-refractivity contribution in [3.63, 3.8) is 0 Å². The summed E-state index contributed by atoms with van der Waals surface area (Å²) in [5, 5.41) is 2.10. The van der Waals surface area contributed by atoms with E-state index in [-0.39, 0.29) is 5.15 Å². The Morgan fingerprint density at radius 3 is 2.68 bits per heavy atom. The number of aromatic amines is 1. The molecule has 0 saturated carbocycles. The number of aromatic nitrogens is 5. The zero-order valence-corrected chi connectivity index (χ0v) is 12.1. The van der Waals surface area contributed by atoms with Crippen LogP contribution < -0.4 is 0 Å². The summed E-state index contributed by atoms with van der Waals surface area (Å²) in [6.07, 6.45) is 2.98. The van der Waals surface area contributed by atoms with Crippen molar-refractivity contribution in [3.05, 3.63) is 33.9 Å². The lowest BCUT2D eigenvalue weighted by Gasteiger charge is -2.04. The van der Waals surface area contributed by atoms with Crippen molar-refractivity contribution < 1.29 is 0 Å². The van der Waals surface area contributed by atoms with Gasteiger partial charge in [0.2, 0.25) is 0 Å². The van der Waals surface area contributed by atoms with Crippen molar-refractivity contribution in [1.82, 2.24) is 24.9 Å². The summed E-state index contributed by atoms with van der Waals surface area (Å²) in [5.41, 5.74) is 1.30. The van der Waals surface area contributed by atoms with Gasteiger partial charge in [0.15, 0.2) is 5.65 Å². The molecule has 3 heterocycles. The highest BCUT2D eigenvalue weighted by Crippen LogP contribution is 2.36. The monoisotopic (exact) mass is 331 g/mol. The van der Waals surface area contributed by atoms with E-state index < -0.39 is 0 Å². The third-order valence-electron chi connectivity index (χ3n) is 2.24. The molecule has 0 radical (unpaired) electrons. The van der Waals surface area contributed by atoms with E-state index in [9.17, 15) is 0 Å². The van der Waals surface area contributed by atoms with E-state index >= 15 is 0 Å². The number of pyridine rings is 1. The molecule has 0 bridgehead atoms. The topological polar surface area (TPSA) is 67.3 Å². The Kier molecular flexibility index (Phi) is 3.49. The summed E-state index contributed by atoms with van der Waals surface area (Å²) in [5.74, 6) is 0. The number of rotatable bonds is 2. The third-order valence-corrected chi connectivity index (χ3v) is 4.32. The van der Waals surface area contributed by atoms with Gasteiger partial charge in [-0.2, -0.15) is 0 Å². The summed E-state index contributed by atoms with van der Waals surface area (Å²) in [6, 6.07) is 1.55. The lowest BCUT2D eigenvalue weighted by atomic mass is 10.5. The molecule has 0 fully saturated rings. The molecule has 96 valence electrons. The molecule has 0 aromatic carbocycles. The largest absolute Gasteiger partial charge is 0.341 e. The van der Waals surface area contributed by atoms with Crippen molar-refractivity contribution in [3.8, 4) is 0 Å². The van der Waals surface area contributed by atoms with Crippen LogP contribution in [0, 0.1) is 0 Å². The minimum absolute atomic E-state index is 0.198. The number of nitrogens with zero attached hydrogens (tertiary/aromatic N) is 4. The summed E-state index contributed by atoms with van der Waals surface area (Å²) in [4.78, 5) is 19.4. The fourth-order valence-corrected chi connectivity index (χ4v) is 2.90. The SMILES string of the molecule is Clc1cc(Cl)c(Sc2ncnc3nc[nH]c23)nc1Cl. The number of H-pyrrole nitrogens is 1. The third kappa shape index (κ3) is 2.49. The van der Waals surface area contributed by atoms with Crippen molar-refractivity contribution in [2.45, 2.75) is 10.1 Å². The van der Waals surface area contributed by atoms with E-state index in [2.05, 4.69) is 24.9 Å². The van der Waals surface area contributed by atoms with Gasteiger partial charge in [-0.15, -0.1) is 0 Å². The van der Waals surface area contributed by atoms with Gasteiger partial charge in [0.05, 0.1) is 16.4 Å². The first-order chi connectivity index (χ1) is 9.15. The number of nitrogens with one attached hydrogen (secondary N) is 1. The summed E-state index contributed by atoms with van der Waals surface area (Å²) < 4.78 is 0. The molecule has 3 aromatic rings. The van der Waals surface area contributed by atoms with Crippen LogP contribution in [0.1, 0.15) is 0 Å². The molecule has 0 aliphatic rings. The predicted molar refractivity (Wildman–Crippen MR) is 75.1 cm³/mol. The smallest absolute Gasteiger partial charge is 0.181 e. The molecule has 0 saturated heterocycles. The van der Waals surface area contributed by atoms with Crippen LogP contribution in [-0.2, 0) is 0 Å². The standard InChI is InChI=1S/C10H4Cl3N5S/c11-4-1-5(12)9(18-7(4)13)19-10-6-8(15-2-14-6)16-3-17-10/h1-3H,(H,14,15,16,17). The van der Waals surface area contributed by atoms with Crippen molar-refractivity contribution >= 4 is 57.7 Å². The molecule has 3 rings (SSSR count). The molecule has 0 amide bonds. The molecular weight excluding hydrogens is 329 g/mol. The Morgan fingerprint density at radius 2 is 1.84 bits per heavy atom. The van der Waals surface area contributed by atoms with E-state index in [1.54, 1.807) is 12.4 Å². The molecule has 5 nitrogen and oxygen atoms in total. The first-order valence-corrected chi connectivity index (χ1v) is 6.93. The van der Waals surface area contributed by atoms with Crippen LogP contribution in [-0.4, -0.2) is 24.9 Å². The fourth-order valence-electron chi connectivity index (χ4n) is 1.41. The predicted octanol–water partition coefficient (Wildman–Crippen LogP) is 3.86. The number of fused-ring (bicyclic) bond motifs is 1. The van der Waals surface area contributed by atoms with E-state index in [1.165, 1.54) is 18.1 Å². The first kappa shape index (κ1) is 12.9. The first-order valence-electron chi connectivity index (χ1n) is 4.98. The van der Waals surface area contributed by atoms with Gasteiger partial charge in [0, 0.05) is 0 Å². The molecule has 0 aliphatic heterocycles. The molecule has 0 unspecified atom stereocenters. The Labute approximate surface area is 126 Å². The number of halogens is 3. The van der Waals surface area contributed by atoms with Crippen LogP contribution in [0.25, 0.3) is 11.2 Å². The average molecular weight is 333 g/mol. The van der Waals surface area contributed by atoms with Gasteiger partial charge in [0.1, 0.15) is 27.0 Å². The highest BCUT2D eigenvalue weighted by atomic mass is 35.5. The maximum absolute atomic E-state index is 6.08. The number of hydrogen-bond donors (Lipinski definition) is 1. The Morgan fingerprint density at radius 1 is 1.00 bits per heavy atom. The van der Waals surface area contributed by atoms with Gasteiger partial charge in [-0.1, -0.05) is 34.8 Å². The van der Waals surface area contributed by atoms with Crippen molar-refractivity contribution in [2.75, 3.05) is 0 Å². The molecule has 1 N–H and O–H groups in total. The molecule has 19 heavy (non-hydrogen) atoms. The van der Waals surface area contributed by atoms with Gasteiger partial charge in [-0.3, -0.25) is 0 Å². The van der Waals surface area contributed by atoms with Crippen LogP contribution in [0.15, 0.2) is 28.8 Å². The minimum Gasteiger partial charge on any atom is -0.341 e. The number of imidazole rings is 1. The lowest BCUT2D eigenvalue weighted by Crippen LogP contribution is -1.89. The molecule has 0 aliphatic carbocycles. The molecule has 3 aromatic heterocycles. The molecule has 0 atom stereocenters. The van der Waals surface area contributed by atoms with Crippen LogP contribution in [0.5, 0.6) is 0 Å². The maximum atomic E-state index is 6.08. The van der Waals surface area contributed by atoms with Crippen molar-refractivity contribution in [2.24, 2.45) is 0 Å². The molecule has 0 spiro atoms. The molecule has 9 heteroatoms. The van der Waals surface area contributed by atoms with Crippen LogP contribution in [0.3, 0.4) is 0 Å². The van der Waals surface area contributed by atoms with E-state index in [1.807, 2.05) is 0 Å². The van der Waals surface area contributed by atoms with Gasteiger partial charge < -0.3 is 4.98 Å². The van der Waals surface area contributed by atoms with Gasteiger partial charge in [-0.05, 0) is 17.8 Å². The van der Waals surface area contributed by atoms with Gasteiger partial charge >= 0.3 is 0 Å². The normalized spacial score (nSPS) is 11.1. The van der Waals surface area contributed by atoms with E-state index in [4.69, 9.17) is 34.8 Å². The summed E-state index contributed by atoms with van der Waals surface area (Å²) in [6.45, 7) is 0. The second-order valence-corrected chi connectivity index (χ2v) is 5.58. The second kappa shape index (κ2) is 5.13. The zero-order chi connectivity index (χ0) is 13.4. The fraction of sp³-hybridized carbons (Fsp3) is 0. The number of hydrogen-bond acceptors (Lipinski definition) is 5. The average Bonchev–Trinajstić information content (AvgIpc) is 2.85. The van der Waals surface area contributed by atoms with Crippen molar-refractivity contribution in [1.29, 1.82) is 0 Å². The van der Waals surface area contributed by atoms with E-state index in [0.29, 0.717) is 25.7 Å². The summed E-state index contributed by atoms with van der Waals surface area (Å²) in [7, 11) is 0. The lowest BCUT2D eigenvalue weighted by molar-refractivity contribution is 1.07. The van der Waals surface area contributed by atoms with Crippen LogP contribution in [0.4, 0.5) is 0 Å².